The molecule has 2 aromatic rings. The number of aryl methyl sites for hydroxylation is 1. The maximum absolute atomic E-state index is 12.3. The van der Waals surface area contributed by atoms with E-state index in [-0.39, 0.29) is 17.9 Å². The molecule has 0 aliphatic carbocycles. The summed E-state index contributed by atoms with van der Waals surface area (Å²) in [4.78, 5) is 12.3. The second kappa shape index (κ2) is 7.60. The van der Waals surface area contributed by atoms with Gasteiger partial charge in [0.15, 0.2) is 0 Å². The van der Waals surface area contributed by atoms with Gasteiger partial charge in [-0.25, -0.2) is 4.68 Å². The maximum Gasteiger partial charge on any atom is 0.241 e. The Bertz CT molecular complexity index is 711. The molecule has 1 saturated heterocycles. The third kappa shape index (κ3) is 3.96. The molecule has 1 aliphatic heterocycles. The van der Waals surface area contributed by atoms with Crippen LogP contribution < -0.4 is 10.1 Å². The van der Waals surface area contributed by atoms with Crippen molar-refractivity contribution in [3.05, 3.63) is 35.7 Å². The quantitative estimate of drug-likeness (QED) is 0.835. The van der Waals surface area contributed by atoms with E-state index >= 15 is 0 Å². The van der Waals surface area contributed by atoms with Crippen LogP contribution in [0.4, 0.5) is 0 Å². The Labute approximate surface area is 146 Å². The minimum atomic E-state index is -0.202. The minimum Gasteiger partial charge on any atom is -0.496 e. The Morgan fingerprint density at radius 2 is 2.20 bits per heavy atom. The second-order valence-electron chi connectivity index (χ2n) is 6.38. The zero-order valence-corrected chi connectivity index (χ0v) is 14.6. The molecule has 134 valence electrons. The van der Waals surface area contributed by atoms with Crippen LogP contribution in [0.5, 0.6) is 5.75 Å². The van der Waals surface area contributed by atoms with Gasteiger partial charge in [-0.2, -0.15) is 0 Å². The molecule has 1 aliphatic rings. The molecule has 3 rings (SSSR count). The lowest BCUT2D eigenvalue weighted by molar-refractivity contribution is -0.122. The summed E-state index contributed by atoms with van der Waals surface area (Å²) in [5, 5.41) is 13.8. The monoisotopic (exact) mass is 345 g/mol. The van der Waals surface area contributed by atoms with Gasteiger partial charge >= 0.3 is 0 Å². The molecule has 0 atom stereocenters. The van der Waals surface area contributed by atoms with Crippen LogP contribution in [0.25, 0.3) is 0 Å². The zero-order chi connectivity index (χ0) is 17.7. The summed E-state index contributed by atoms with van der Waals surface area (Å²) in [5.74, 6) is 0.729. The third-order valence-electron chi connectivity index (χ3n) is 4.70. The normalized spacial score (nSPS) is 16.4. The van der Waals surface area contributed by atoms with Crippen LogP contribution in [0.2, 0.25) is 0 Å². The highest BCUT2D eigenvalue weighted by molar-refractivity contribution is 5.75. The number of ether oxygens (including phenoxy) is 2. The van der Waals surface area contributed by atoms with Crippen LogP contribution in [-0.4, -0.2) is 53.0 Å². The van der Waals surface area contributed by atoms with Gasteiger partial charge in [0.05, 0.1) is 7.11 Å². The van der Waals surface area contributed by atoms with E-state index in [1.165, 1.54) is 16.6 Å². The van der Waals surface area contributed by atoms with Crippen LogP contribution in [0.15, 0.2) is 24.5 Å². The Balaban J connectivity index is 1.79. The summed E-state index contributed by atoms with van der Waals surface area (Å²) in [6.07, 6.45) is 3.09. The molecule has 1 amide bonds. The lowest BCUT2D eigenvalue weighted by Crippen LogP contribution is -2.45. The highest BCUT2D eigenvalue weighted by Crippen LogP contribution is 2.40. The fourth-order valence-corrected chi connectivity index (χ4v) is 3.26. The number of tetrazole rings is 1. The third-order valence-corrected chi connectivity index (χ3v) is 4.70. The van der Waals surface area contributed by atoms with Gasteiger partial charge in [-0.05, 0) is 36.3 Å². The maximum atomic E-state index is 12.3. The summed E-state index contributed by atoms with van der Waals surface area (Å²) in [5.41, 5.74) is 2.09. The van der Waals surface area contributed by atoms with Crippen LogP contribution in [0.1, 0.15) is 24.0 Å². The van der Waals surface area contributed by atoms with E-state index in [9.17, 15) is 4.79 Å². The van der Waals surface area contributed by atoms with E-state index in [1.807, 2.05) is 12.1 Å². The molecule has 1 fully saturated rings. The van der Waals surface area contributed by atoms with Gasteiger partial charge in [-0.1, -0.05) is 17.7 Å². The van der Waals surface area contributed by atoms with Gasteiger partial charge < -0.3 is 14.8 Å². The van der Waals surface area contributed by atoms with Crippen molar-refractivity contribution in [2.75, 3.05) is 26.9 Å². The predicted molar refractivity (Wildman–Crippen MR) is 90.3 cm³/mol. The molecule has 25 heavy (non-hydrogen) atoms. The van der Waals surface area contributed by atoms with E-state index in [2.05, 4.69) is 33.8 Å². The molecule has 0 unspecified atom stereocenters. The first-order chi connectivity index (χ1) is 12.1. The van der Waals surface area contributed by atoms with Crippen molar-refractivity contribution in [2.45, 2.75) is 31.7 Å². The van der Waals surface area contributed by atoms with E-state index in [4.69, 9.17) is 9.47 Å². The van der Waals surface area contributed by atoms with Crippen LogP contribution in [0, 0.1) is 6.92 Å². The highest BCUT2D eigenvalue weighted by Gasteiger charge is 2.37. The number of carbonyl (C=O) groups is 1. The first-order valence-electron chi connectivity index (χ1n) is 8.33. The van der Waals surface area contributed by atoms with Crippen LogP contribution in [0.3, 0.4) is 0 Å². The molecule has 0 spiro atoms. The van der Waals surface area contributed by atoms with Crippen LogP contribution in [-0.2, 0) is 21.5 Å². The predicted octanol–water partition coefficient (Wildman–Crippen LogP) is 0.855. The van der Waals surface area contributed by atoms with E-state index < -0.39 is 0 Å². The summed E-state index contributed by atoms with van der Waals surface area (Å²) < 4.78 is 12.5. The molecule has 8 nitrogen and oxygen atoms in total. The van der Waals surface area contributed by atoms with Gasteiger partial charge in [-0.3, -0.25) is 4.79 Å². The minimum absolute atomic E-state index is 0.102. The topological polar surface area (TPSA) is 91.2 Å². The standard InChI is InChI=1S/C17H23N5O3/c1-13-3-4-15(24-2)14(9-13)17(5-7-25-8-6-17)11-18-16(23)10-22-12-19-20-21-22/h3-4,9,12H,5-8,10-11H2,1-2H3,(H,18,23). The Hall–Kier alpha value is -2.48. The van der Waals surface area contributed by atoms with Crippen molar-refractivity contribution >= 4 is 5.91 Å². The molecular formula is C17H23N5O3. The fraction of sp³-hybridized carbons (Fsp3) is 0.529. The number of carbonyl (C=O) groups excluding carboxylic acids is 1. The van der Waals surface area contributed by atoms with Gasteiger partial charge in [-0.15, -0.1) is 5.10 Å². The van der Waals surface area contributed by atoms with E-state index in [0.717, 1.165) is 24.2 Å². The smallest absolute Gasteiger partial charge is 0.241 e. The van der Waals surface area contributed by atoms with Gasteiger partial charge in [0.2, 0.25) is 5.91 Å². The average Bonchev–Trinajstić information content (AvgIpc) is 3.14. The number of rotatable bonds is 6. The molecule has 1 aromatic carbocycles. The van der Waals surface area contributed by atoms with Crippen molar-refractivity contribution in [1.82, 2.24) is 25.5 Å². The molecule has 0 radical (unpaired) electrons. The first-order valence-corrected chi connectivity index (χ1v) is 8.33. The van der Waals surface area contributed by atoms with Crippen molar-refractivity contribution < 1.29 is 14.3 Å². The van der Waals surface area contributed by atoms with Crippen molar-refractivity contribution in [3.63, 3.8) is 0 Å². The summed E-state index contributed by atoms with van der Waals surface area (Å²) in [6.45, 7) is 4.02. The van der Waals surface area contributed by atoms with Gasteiger partial charge in [0.1, 0.15) is 18.6 Å². The van der Waals surface area contributed by atoms with Crippen molar-refractivity contribution in [1.29, 1.82) is 0 Å². The lowest BCUT2D eigenvalue weighted by atomic mass is 9.73. The SMILES string of the molecule is COc1ccc(C)cc1C1(CNC(=O)Cn2cnnn2)CCOCC1. The van der Waals surface area contributed by atoms with Crippen molar-refractivity contribution in [3.8, 4) is 5.75 Å². The number of amides is 1. The van der Waals surface area contributed by atoms with Crippen molar-refractivity contribution in [2.24, 2.45) is 0 Å². The largest absolute Gasteiger partial charge is 0.496 e. The highest BCUT2D eigenvalue weighted by atomic mass is 16.5. The molecule has 8 heteroatoms. The summed E-state index contributed by atoms with van der Waals surface area (Å²) >= 11 is 0. The fourth-order valence-electron chi connectivity index (χ4n) is 3.26. The Morgan fingerprint density at radius 1 is 1.40 bits per heavy atom. The van der Waals surface area contributed by atoms with Gasteiger partial charge in [0.25, 0.3) is 0 Å². The number of nitrogens with one attached hydrogen (secondary N) is 1. The zero-order valence-electron chi connectivity index (χ0n) is 14.6. The number of methoxy groups -OCH3 is 1. The molecule has 1 N–H and O–H groups in total. The Morgan fingerprint density at radius 3 is 2.88 bits per heavy atom. The van der Waals surface area contributed by atoms with Crippen LogP contribution >= 0.6 is 0 Å². The molecule has 1 aromatic heterocycles. The second-order valence-corrected chi connectivity index (χ2v) is 6.38. The molecule has 0 bridgehead atoms. The first kappa shape index (κ1) is 17.3. The number of aromatic nitrogens is 4. The average molecular weight is 345 g/mol. The van der Waals surface area contributed by atoms with E-state index in [1.54, 1.807) is 7.11 Å². The number of nitrogens with zero attached hydrogens (tertiary/aromatic N) is 4. The van der Waals surface area contributed by atoms with E-state index in [0.29, 0.717) is 19.8 Å². The summed E-state index contributed by atoms with van der Waals surface area (Å²) in [7, 11) is 1.68. The lowest BCUT2D eigenvalue weighted by Gasteiger charge is -2.38. The molecule has 2 heterocycles. The number of hydrogen-bond donors (Lipinski definition) is 1. The van der Waals surface area contributed by atoms with Gasteiger partial charge in [0, 0.05) is 30.7 Å². The Kier molecular flexibility index (Phi) is 5.28. The molecular weight excluding hydrogens is 322 g/mol. The number of benzene rings is 1. The number of hydrogen-bond acceptors (Lipinski definition) is 6. The summed E-state index contributed by atoms with van der Waals surface area (Å²) in [6, 6.07) is 6.17. The molecule has 0 saturated carbocycles.